The Morgan fingerprint density at radius 2 is 2.16 bits per heavy atom. The van der Waals surface area contributed by atoms with Gasteiger partial charge in [-0.2, -0.15) is 0 Å². The van der Waals surface area contributed by atoms with Gasteiger partial charge >= 0.3 is 0 Å². The van der Waals surface area contributed by atoms with Crippen LogP contribution < -0.4 is 10.2 Å². The van der Waals surface area contributed by atoms with Crippen molar-refractivity contribution in [1.29, 1.82) is 0 Å². The van der Waals surface area contributed by atoms with Crippen molar-refractivity contribution in [2.24, 2.45) is 0 Å². The molecule has 1 saturated heterocycles. The predicted octanol–water partition coefficient (Wildman–Crippen LogP) is 2.40. The molecule has 1 fully saturated rings. The van der Waals surface area contributed by atoms with Crippen LogP contribution in [-0.2, 0) is 9.53 Å². The minimum atomic E-state index is -0.401. The number of halogens is 1. The summed E-state index contributed by atoms with van der Waals surface area (Å²) in [5, 5.41) is 2.62. The summed E-state index contributed by atoms with van der Waals surface area (Å²) in [5.74, 6) is -0.554. The molecule has 1 N–H and O–H groups in total. The lowest BCUT2D eigenvalue weighted by atomic mass is 10.2. The Hall–Kier alpha value is -1.62. The lowest BCUT2D eigenvalue weighted by Crippen LogP contribution is -2.36. The molecule has 19 heavy (non-hydrogen) atoms. The number of nitrogens with one attached hydrogen (secondary N) is 1. The monoisotopic (exact) mass is 266 g/mol. The molecule has 2 rings (SSSR count). The third kappa shape index (κ3) is 3.67. The van der Waals surface area contributed by atoms with E-state index in [2.05, 4.69) is 10.2 Å². The first-order valence-corrected chi connectivity index (χ1v) is 6.63. The van der Waals surface area contributed by atoms with Crippen molar-refractivity contribution >= 4 is 17.3 Å². The zero-order chi connectivity index (χ0) is 13.7. The smallest absolute Gasteiger partial charge is 0.224 e. The minimum absolute atomic E-state index is 0.152. The maximum absolute atomic E-state index is 13.7. The van der Waals surface area contributed by atoms with Crippen molar-refractivity contribution in [3.8, 4) is 0 Å². The molecule has 5 heteroatoms. The van der Waals surface area contributed by atoms with Crippen molar-refractivity contribution in [2.75, 3.05) is 36.5 Å². The molecule has 0 bridgehead atoms. The number of amides is 1. The van der Waals surface area contributed by atoms with Gasteiger partial charge in [-0.05, 0) is 24.6 Å². The molecular formula is C14H19FN2O2. The average Bonchev–Trinajstić information content (AvgIpc) is 2.42. The summed E-state index contributed by atoms with van der Waals surface area (Å²) in [6.07, 6.45) is 1.15. The van der Waals surface area contributed by atoms with Crippen molar-refractivity contribution in [3.63, 3.8) is 0 Å². The zero-order valence-electron chi connectivity index (χ0n) is 11.1. The van der Waals surface area contributed by atoms with Crippen LogP contribution in [0.15, 0.2) is 18.2 Å². The van der Waals surface area contributed by atoms with E-state index in [9.17, 15) is 9.18 Å². The largest absolute Gasteiger partial charge is 0.378 e. The summed E-state index contributed by atoms with van der Waals surface area (Å²) in [7, 11) is 0. The number of anilines is 2. The number of hydrogen-bond donors (Lipinski definition) is 1. The molecule has 0 spiro atoms. The standard InChI is InChI=1S/C14H19FN2O2/c1-2-3-14(18)16-13-10-11(4-5-12(13)15)17-6-8-19-9-7-17/h4-5,10H,2-3,6-9H2,1H3,(H,16,18). The Labute approximate surface area is 112 Å². The quantitative estimate of drug-likeness (QED) is 0.910. The van der Waals surface area contributed by atoms with E-state index in [-0.39, 0.29) is 11.6 Å². The first kappa shape index (κ1) is 13.8. The van der Waals surface area contributed by atoms with E-state index in [0.717, 1.165) is 25.2 Å². The molecule has 0 unspecified atom stereocenters. The van der Waals surface area contributed by atoms with Gasteiger partial charge in [0.05, 0.1) is 18.9 Å². The van der Waals surface area contributed by atoms with Crippen LogP contribution in [0.3, 0.4) is 0 Å². The van der Waals surface area contributed by atoms with Crippen LogP contribution in [-0.4, -0.2) is 32.2 Å². The molecule has 0 atom stereocenters. The van der Waals surface area contributed by atoms with Gasteiger partial charge in [-0.15, -0.1) is 0 Å². The van der Waals surface area contributed by atoms with Gasteiger partial charge in [0.1, 0.15) is 5.82 Å². The van der Waals surface area contributed by atoms with Crippen LogP contribution in [0.5, 0.6) is 0 Å². The number of benzene rings is 1. The summed E-state index contributed by atoms with van der Waals surface area (Å²) in [6, 6.07) is 4.82. The van der Waals surface area contributed by atoms with Crippen molar-refractivity contribution in [3.05, 3.63) is 24.0 Å². The lowest BCUT2D eigenvalue weighted by Gasteiger charge is -2.29. The first-order valence-electron chi connectivity index (χ1n) is 6.63. The summed E-state index contributed by atoms with van der Waals surface area (Å²) in [4.78, 5) is 13.7. The molecule has 0 aromatic heterocycles. The number of nitrogens with zero attached hydrogens (tertiary/aromatic N) is 1. The number of ether oxygens (including phenoxy) is 1. The highest BCUT2D eigenvalue weighted by molar-refractivity contribution is 5.91. The number of rotatable bonds is 4. The van der Waals surface area contributed by atoms with Crippen molar-refractivity contribution < 1.29 is 13.9 Å². The Morgan fingerprint density at radius 1 is 1.42 bits per heavy atom. The first-order chi connectivity index (χ1) is 9.20. The van der Waals surface area contributed by atoms with Crippen LogP contribution >= 0.6 is 0 Å². The molecule has 0 aliphatic carbocycles. The van der Waals surface area contributed by atoms with Crippen LogP contribution in [0.4, 0.5) is 15.8 Å². The fourth-order valence-electron chi connectivity index (χ4n) is 2.07. The van der Waals surface area contributed by atoms with Gasteiger partial charge in [-0.1, -0.05) is 6.92 Å². The second kappa shape index (κ2) is 6.52. The number of hydrogen-bond acceptors (Lipinski definition) is 3. The van der Waals surface area contributed by atoms with Crippen molar-refractivity contribution in [1.82, 2.24) is 0 Å². The molecule has 1 aromatic carbocycles. The molecule has 4 nitrogen and oxygen atoms in total. The summed E-state index contributed by atoms with van der Waals surface area (Å²) in [6.45, 7) is 4.84. The molecule has 1 aliphatic heterocycles. The molecule has 1 heterocycles. The fraction of sp³-hybridized carbons (Fsp3) is 0.500. The van der Waals surface area contributed by atoms with E-state index < -0.39 is 5.82 Å². The molecule has 104 valence electrons. The summed E-state index contributed by atoms with van der Waals surface area (Å²) < 4.78 is 19.0. The van der Waals surface area contributed by atoms with Gasteiger partial charge in [0.2, 0.25) is 5.91 Å². The van der Waals surface area contributed by atoms with Crippen molar-refractivity contribution in [2.45, 2.75) is 19.8 Å². The van der Waals surface area contributed by atoms with Crippen LogP contribution in [0.25, 0.3) is 0 Å². The average molecular weight is 266 g/mol. The van der Waals surface area contributed by atoms with Gasteiger partial charge < -0.3 is 15.0 Å². The van der Waals surface area contributed by atoms with Gasteiger partial charge in [0.15, 0.2) is 0 Å². The minimum Gasteiger partial charge on any atom is -0.378 e. The second-order valence-electron chi connectivity index (χ2n) is 4.56. The zero-order valence-corrected chi connectivity index (χ0v) is 11.1. The Bertz CT molecular complexity index is 445. The molecular weight excluding hydrogens is 247 g/mol. The van der Waals surface area contributed by atoms with Crippen LogP contribution in [0, 0.1) is 5.82 Å². The highest BCUT2D eigenvalue weighted by Gasteiger charge is 2.14. The Balaban J connectivity index is 2.11. The normalized spacial score (nSPS) is 15.4. The van der Waals surface area contributed by atoms with E-state index in [1.165, 1.54) is 6.07 Å². The highest BCUT2D eigenvalue weighted by atomic mass is 19.1. The summed E-state index contributed by atoms with van der Waals surface area (Å²) >= 11 is 0. The van der Waals surface area contributed by atoms with E-state index in [0.29, 0.717) is 19.6 Å². The molecule has 0 radical (unpaired) electrons. The molecule has 1 aromatic rings. The molecule has 1 amide bonds. The lowest BCUT2D eigenvalue weighted by molar-refractivity contribution is -0.116. The van der Waals surface area contributed by atoms with E-state index in [1.807, 2.05) is 6.92 Å². The van der Waals surface area contributed by atoms with Gasteiger partial charge in [-0.3, -0.25) is 4.79 Å². The third-order valence-corrected chi connectivity index (χ3v) is 3.08. The Morgan fingerprint density at radius 3 is 2.84 bits per heavy atom. The number of carbonyl (C=O) groups excluding carboxylic acids is 1. The number of carbonyl (C=O) groups is 1. The third-order valence-electron chi connectivity index (χ3n) is 3.08. The van der Waals surface area contributed by atoms with Crippen LogP contribution in [0.2, 0.25) is 0 Å². The highest BCUT2D eigenvalue weighted by Crippen LogP contribution is 2.23. The van der Waals surface area contributed by atoms with E-state index >= 15 is 0 Å². The SMILES string of the molecule is CCCC(=O)Nc1cc(N2CCOCC2)ccc1F. The van der Waals surface area contributed by atoms with Gasteiger partial charge in [-0.25, -0.2) is 4.39 Å². The summed E-state index contributed by atoms with van der Waals surface area (Å²) in [5.41, 5.74) is 1.17. The Kier molecular flexibility index (Phi) is 4.74. The fourth-order valence-corrected chi connectivity index (χ4v) is 2.07. The maximum Gasteiger partial charge on any atom is 0.224 e. The van der Waals surface area contributed by atoms with Gasteiger partial charge in [0, 0.05) is 25.2 Å². The topological polar surface area (TPSA) is 41.6 Å². The predicted molar refractivity (Wildman–Crippen MR) is 73.0 cm³/mol. The molecule has 0 saturated carbocycles. The van der Waals surface area contributed by atoms with E-state index in [1.54, 1.807) is 12.1 Å². The number of morpholine rings is 1. The van der Waals surface area contributed by atoms with Crippen LogP contribution in [0.1, 0.15) is 19.8 Å². The van der Waals surface area contributed by atoms with Gasteiger partial charge in [0.25, 0.3) is 0 Å². The second-order valence-corrected chi connectivity index (χ2v) is 4.56. The maximum atomic E-state index is 13.7. The van der Waals surface area contributed by atoms with E-state index in [4.69, 9.17) is 4.74 Å². The molecule has 1 aliphatic rings.